The van der Waals surface area contributed by atoms with Crippen molar-refractivity contribution in [3.63, 3.8) is 0 Å². The van der Waals surface area contributed by atoms with Crippen LogP contribution in [0.4, 0.5) is 0 Å². The maximum atomic E-state index is 10.9. The van der Waals surface area contributed by atoms with Crippen molar-refractivity contribution in [1.82, 2.24) is 5.32 Å². The van der Waals surface area contributed by atoms with Gasteiger partial charge in [0.1, 0.15) is 0 Å². The quantitative estimate of drug-likeness (QED) is 0.242. The maximum Gasteiger partial charge on any atom is 0.325 e. The lowest BCUT2D eigenvalue weighted by molar-refractivity contribution is 0.265. The van der Waals surface area contributed by atoms with Crippen LogP contribution in [0, 0.1) is 0 Å². The molecule has 1 aliphatic rings. The Bertz CT molecular complexity index is 826. The molecule has 0 atom stereocenters. The average Bonchev–Trinajstić information content (AvgIpc) is 2.80. The van der Waals surface area contributed by atoms with Gasteiger partial charge in [-0.25, -0.2) is 0 Å². The van der Waals surface area contributed by atoms with E-state index in [1.54, 1.807) is 5.56 Å². The fourth-order valence-corrected chi connectivity index (χ4v) is 5.71. The highest BCUT2D eigenvalue weighted by Crippen LogP contribution is 2.43. The molecule has 0 amide bonds. The molecule has 3 rings (SSSR count). The van der Waals surface area contributed by atoms with Crippen LogP contribution in [0.5, 0.6) is 0 Å². The van der Waals surface area contributed by atoms with Gasteiger partial charge in [-0.1, -0.05) is 86.7 Å². The van der Waals surface area contributed by atoms with E-state index in [-0.39, 0.29) is 6.16 Å². The topological polar surface area (TPSA) is 69.6 Å². The van der Waals surface area contributed by atoms with Crippen LogP contribution >= 0.6 is 7.60 Å². The van der Waals surface area contributed by atoms with Gasteiger partial charge in [0.05, 0.1) is 6.16 Å². The average molecular weight is 458 g/mol. The number of hydrogen-bond acceptors (Lipinski definition) is 2. The summed E-state index contributed by atoms with van der Waals surface area (Å²) in [6.07, 6.45) is 13.6. The molecule has 0 aromatic heterocycles. The molecule has 0 bridgehead atoms. The van der Waals surface area contributed by atoms with E-state index in [1.807, 2.05) is 0 Å². The third-order valence-electron chi connectivity index (χ3n) is 6.97. The van der Waals surface area contributed by atoms with Crippen molar-refractivity contribution in [2.24, 2.45) is 0 Å². The number of rotatable bonds is 13. The van der Waals surface area contributed by atoms with Gasteiger partial charge >= 0.3 is 7.60 Å². The standard InChI is InChI=1S/C27H40NO3P/c29-32(30,31)22-10-21-28-23-25-16-14-24(15-17-25)11-4-2-7-18-27(19-8-3-9-20-27)26-12-5-1-6-13-26/h1,5-6,12-17,28H,2-4,7-11,18-23H2,(H2,29,30,31). The van der Waals surface area contributed by atoms with Crippen LogP contribution in [-0.2, 0) is 22.9 Å². The molecule has 1 fully saturated rings. The molecule has 0 saturated heterocycles. The Morgan fingerprint density at radius 3 is 2.19 bits per heavy atom. The number of hydrogen-bond donors (Lipinski definition) is 3. The highest BCUT2D eigenvalue weighted by molar-refractivity contribution is 7.51. The third-order valence-corrected chi connectivity index (χ3v) is 7.87. The van der Waals surface area contributed by atoms with Crippen molar-refractivity contribution < 1.29 is 14.4 Å². The van der Waals surface area contributed by atoms with Crippen LogP contribution in [0.2, 0.25) is 0 Å². The second-order valence-corrected chi connectivity index (χ2v) is 11.3. The second-order valence-electron chi connectivity index (χ2n) is 9.50. The Morgan fingerprint density at radius 2 is 1.50 bits per heavy atom. The van der Waals surface area contributed by atoms with Gasteiger partial charge in [-0.05, 0) is 67.2 Å². The van der Waals surface area contributed by atoms with E-state index in [2.05, 4.69) is 59.9 Å². The van der Waals surface area contributed by atoms with E-state index >= 15 is 0 Å². The lowest BCUT2D eigenvalue weighted by Crippen LogP contribution is -2.29. The van der Waals surface area contributed by atoms with Gasteiger partial charge < -0.3 is 15.1 Å². The van der Waals surface area contributed by atoms with Gasteiger partial charge in [-0.3, -0.25) is 4.57 Å². The first-order chi connectivity index (χ1) is 15.5. The summed E-state index contributed by atoms with van der Waals surface area (Å²) in [6, 6.07) is 20.0. The molecule has 5 heteroatoms. The SMILES string of the molecule is O=P(O)(O)CCCNCc1ccc(CCCCCC2(c3ccccc3)CCCCC2)cc1. The van der Waals surface area contributed by atoms with Gasteiger partial charge in [0, 0.05) is 6.54 Å². The molecule has 32 heavy (non-hydrogen) atoms. The summed E-state index contributed by atoms with van der Waals surface area (Å²) in [5.41, 5.74) is 4.59. The molecular formula is C27H40NO3P. The molecule has 1 aliphatic carbocycles. The number of aryl methyl sites for hydroxylation is 1. The zero-order valence-corrected chi connectivity index (χ0v) is 20.2. The highest BCUT2D eigenvalue weighted by atomic mass is 31.2. The summed E-state index contributed by atoms with van der Waals surface area (Å²) >= 11 is 0. The van der Waals surface area contributed by atoms with Gasteiger partial charge in [-0.2, -0.15) is 0 Å². The minimum absolute atomic E-state index is 0.0502. The monoisotopic (exact) mass is 457 g/mol. The van der Waals surface area contributed by atoms with E-state index < -0.39 is 7.60 Å². The van der Waals surface area contributed by atoms with Gasteiger partial charge in [0.2, 0.25) is 0 Å². The highest BCUT2D eigenvalue weighted by Gasteiger charge is 2.32. The van der Waals surface area contributed by atoms with Crippen molar-refractivity contribution in [3.05, 3.63) is 71.3 Å². The molecule has 0 heterocycles. The van der Waals surface area contributed by atoms with Crippen LogP contribution in [0.1, 0.15) is 80.9 Å². The van der Waals surface area contributed by atoms with Gasteiger partial charge in [0.25, 0.3) is 0 Å². The first-order valence-electron chi connectivity index (χ1n) is 12.4. The molecule has 0 spiro atoms. The van der Waals surface area contributed by atoms with Crippen molar-refractivity contribution in [1.29, 1.82) is 0 Å². The van der Waals surface area contributed by atoms with Crippen molar-refractivity contribution >= 4 is 7.60 Å². The Hall–Kier alpha value is -1.45. The molecule has 0 aliphatic heterocycles. The summed E-state index contributed by atoms with van der Waals surface area (Å²) in [6.45, 7) is 1.36. The maximum absolute atomic E-state index is 10.9. The Balaban J connectivity index is 1.35. The van der Waals surface area contributed by atoms with Crippen LogP contribution in [-0.4, -0.2) is 22.5 Å². The van der Waals surface area contributed by atoms with Gasteiger partial charge in [0.15, 0.2) is 0 Å². The van der Waals surface area contributed by atoms with Crippen LogP contribution < -0.4 is 5.32 Å². The lowest BCUT2D eigenvalue weighted by atomic mass is 9.66. The molecule has 2 aromatic rings. The molecule has 1 saturated carbocycles. The zero-order valence-electron chi connectivity index (χ0n) is 19.3. The normalized spacial score (nSPS) is 16.2. The van der Waals surface area contributed by atoms with E-state index in [9.17, 15) is 4.57 Å². The first-order valence-corrected chi connectivity index (χ1v) is 14.2. The molecule has 0 radical (unpaired) electrons. The summed E-state index contributed by atoms with van der Waals surface area (Å²) in [5, 5.41) is 3.26. The van der Waals surface area contributed by atoms with E-state index in [0.717, 1.165) is 13.0 Å². The van der Waals surface area contributed by atoms with Crippen LogP contribution in [0.25, 0.3) is 0 Å². The molecular weight excluding hydrogens is 417 g/mol. The minimum atomic E-state index is -3.87. The van der Waals surface area contributed by atoms with Crippen LogP contribution in [0.3, 0.4) is 0 Å². The van der Waals surface area contributed by atoms with Crippen LogP contribution in [0.15, 0.2) is 54.6 Å². The molecule has 0 unspecified atom stereocenters. The largest absolute Gasteiger partial charge is 0.325 e. The van der Waals surface area contributed by atoms with E-state index in [4.69, 9.17) is 9.79 Å². The fraction of sp³-hybridized carbons (Fsp3) is 0.556. The molecule has 2 aromatic carbocycles. The summed E-state index contributed by atoms with van der Waals surface area (Å²) < 4.78 is 10.9. The number of benzene rings is 2. The lowest BCUT2D eigenvalue weighted by Gasteiger charge is -2.38. The second kappa shape index (κ2) is 12.7. The summed E-state index contributed by atoms with van der Waals surface area (Å²) in [5.74, 6) is 0. The third kappa shape index (κ3) is 8.48. The van der Waals surface area contributed by atoms with Crippen molar-refractivity contribution in [3.8, 4) is 0 Å². The number of unbranched alkanes of at least 4 members (excludes halogenated alkanes) is 2. The van der Waals surface area contributed by atoms with Gasteiger partial charge in [-0.15, -0.1) is 0 Å². The van der Waals surface area contributed by atoms with Crippen molar-refractivity contribution in [2.45, 2.75) is 82.6 Å². The zero-order chi connectivity index (χ0) is 22.7. The molecule has 3 N–H and O–H groups in total. The van der Waals surface area contributed by atoms with E-state index in [0.29, 0.717) is 18.4 Å². The predicted molar refractivity (Wildman–Crippen MR) is 133 cm³/mol. The Morgan fingerprint density at radius 1 is 0.812 bits per heavy atom. The van der Waals surface area contributed by atoms with Crippen molar-refractivity contribution in [2.75, 3.05) is 12.7 Å². The summed E-state index contributed by atoms with van der Waals surface area (Å²) in [7, 11) is -3.87. The Labute approximate surface area is 194 Å². The van der Waals surface area contributed by atoms with E-state index in [1.165, 1.54) is 68.9 Å². The molecule has 176 valence electrons. The predicted octanol–water partition coefficient (Wildman–Crippen LogP) is 6.35. The number of nitrogens with one attached hydrogen (secondary N) is 1. The summed E-state index contributed by atoms with van der Waals surface area (Å²) in [4.78, 5) is 17.8. The Kier molecular flexibility index (Phi) is 9.99. The minimum Gasteiger partial charge on any atom is -0.324 e. The smallest absolute Gasteiger partial charge is 0.324 e. The first kappa shape index (κ1) is 25.2. The molecule has 4 nitrogen and oxygen atoms in total. The fourth-order valence-electron chi connectivity index (χ4n) is 5.14.